The topological polar surface area (TPSA) is 231 Å². The second-order valence-corrected chi connectivity index (χ2v) is 14.6. The third-order valence-electron chi connectivity index (χ3n) is 8.30. The summed E-state index contributed by atoms with van der Waals surface area (Å²) < 4.78 is 58.5. The number of carbonyl (C=O) groups is 9. The van der Waals surface area contributed by atoms with Gasteiger partial charge in [-0.1, -0.05) is 12.1 Å². The Hall–Kier alpha value is -6.05. The van der Waals surface area contributed by atoms with Gasteiger partial charge in [-0.15, -0.1) is 0 Å². The molecule has 16 nitrogen and oxygen atoms in total. The minimum absolute atomic E-state index is 0.0172. The number of ketones is 2. The molecule has 2 saturated heterocycles. The van der Waals surface area contributed by atoms with E-state index >= 15 is 0 Å². The molecule has 0 bridgehead atoms. The zero-order valence-electron chi connectivity index (χ0n) is 31.9. The molecular weight excluding hydrogens is 764 g/mol. The van der Waals surface area contributed by atoms with Crippen LogP contribution < -0.4 is 21.7 Å². The first-order chi connectivity index (χ1) is 26.3. The van der Waals surface area contributed by atoms with E-state index in [0.29, 0.717) is 0 Å². The van der Waals surface area contributed by atoms with Crippen LogP contribution in [0.5, 0.6) is 0 Å². The molecule has 2 aliphatic rings. The summed E-state index contributed by atoms with van der Waals surface area (Å²) in [6.45, 7) is 11.0. The van der Waals surface area contributed by atoms with E-state index < -0.39 is 131 Å². The van der Waals surface area contributed by atoms with Gasteiger partial charge in [-0.3, -0.25) is 49.2 Å². The normalized spacial score (nSPS) is 18.4. The van der Waals surface area contributed by atoms with Crippen LogP contribution in [0.1, 0.15) is 84.5 Å². The minimum atomic E-state index is -1.83. The number of hydrogen-bond donors (Lipinski definition) is 4. The molecule has 308 valence electrons. The maximum absolute atomic E-state index is 13.8. The fourth-order valence-electron chi connectivity index (χ4n) is 5.67. The fraction of sp³-hybridized carbons (Fsp3) is 0.432. The molecule has 2 fully saturated rings. The number of hydrogen-bond acceptors (Lipinski definition) is 11. The van der Waals surface area contributed by atoms with Crippen LogP contribution in [-0.4, -0.2) is 80.8 Å². The van der Waals surface area contributed by atoms with Crippen molar-refractivity contribution in [3.8, 4) is 0 Å². The molecule has 0 aromatic heterocycles. The summed E-state index contributed by atoms with van der Waals surface area (Å²) in [4.78, 5) is 112. The lowest BCUT2D eigenvalue weighted by atomic mass is 9.91. The Balaban J connectivity index is 0.000000315. The summed E-state index contributed by atoms with van der Waals surface area (Å²) in [6, 6.07) is 0.418. The lowest BCUT2D eigenvalue weighted by Gasteiger charge is -2.32. The van der Waals surface area contributed by atoms with E-state index in [-0.39, 0.29) is 11.1 Å². The summed E-state index contributed by atoms with van der Waals surface area (Å²) >= 11 is 0. The van der Waals surface area contributed by atoms with Crippen LogP contribution in [0.15, 0.2) is 36.4 Å². The number of nitrogens with two attached hydrogens (primary N) is 1. The average Bonchev–Trinajstić information content (AvgIpc) is 3.05. The van der Waals surface area contributed by atoms with Gasteiger partial charge in [0.05, 0.1) is 6.04 Å². The van der Waals surface area contributed by atoms with E-state index in [9.17, 15) is 60.7 Å². The number of urea groups is 2. The van der Waals surface area contributed by atoms with E-state index in [1.54, 1.807) is 34.6 Å². The number of alkyl carbamates (subject to hydrolysis) is 1. The molecular formula is C37H42F4N6O10. The van der Waals surface area contributed by atoms with E-state index in [1.807, 2.05) is 10.6 Å². The van der Waals surface area contributed by atoms with Crippen LogP contribution in [-0.2, 0) is 33.5 Å². The largest absolute Gasteiger partial charge is 0.444 e. The van der Waals surface area contributed by atoms with Crippen LogP contribution in [0, 0.1) is 35.1 Å². The molecule has 5 N–H and O–H groups in total. The van der Waals surface area contributed by atoms with Gasteiger partial charge in [0.1, 0.15) is 5.60 Å². The van der Waals surface area contributed by atoms with Crippen molar-refractivity contribution in [1.82, 2.24) is 25.8 Å². The first-order valence-corrected chi connectivity index (χ1v) is 17.4. The van der Waals surface area contributed by atoms with Gasteiger partial charge in [-0.2, -0.15) is 0 Å². The number of carbonyl (C=O) groups excluding carboxylic acids is 9. The van der Waals surface area contributed by atoms with Gasteiger partial charge >= 0.3 is 18.2 Å². The van der Waals surface area contributed by atoms with Gasteiger partial charge < -0.3 is 15.8 Å². The number of imide groups is 4. The monoisotopic (exact) mass is 806 g/mol. The van der Waals surface area contributed by atoms with Gasteiger partial charge in [-0.05, 0) is 83.9 Å². The molecule has 2 unspecified atom stereocenters. The highest BCUT2D eigenvalue weighted by Crippen LogP contribution is 2.26. The van der Waals surface area contributed by atoms with Crippen molar-refractivity contribution in [2.45, 2.75) is 91.1 Å². The number of benzene rings is 2. The maximum atomic E-state index is 13.8. The summed E-state index contributed by atoms with van der Waals surface area (Å²) in [5, 5.41) is 6.30. The number of rotatable bonds is 11. The molecule has 2 heterocycles. The highest BCUT2D eigenvalue weighted by Gasteiger charge is 2.47. The Morgan fingerprint density at radius 2 is 1.11 bits per heavy atom. The molecule has 57 heavy (non-hydrogen) atoms. The minimum Gasteiger partial charge on any atom is -0.444 e. The number of barbiturate groups is 2. The smallest absolute Gasteiger partial charge is 0.408 e. The van der Waals surface area contributed by atoms with Crippen molar-refractivity contribution in [2.24, 2.45) is 17.6 Å². The SMILES string of the molecule is CC(C)N1C(=O)NC(=O)C(C(=O)C[C@@H](N)c2ccc(F)c(F)c2)C1=O.CC(C)N1C(=O)NC(=O)C(C(=O)C[C@@H](NC(=O)OC(C)(C)C)c2ccc(F)c(F)c2)C1=O. The molecule has 0 aliphatic carbocycles. The lowest BCUT2D eigenvalue weighted by Crippen LogP contribution is -2.61. The van der Waals surface area contributed by atoms with Crippen molar-refractivity contribution in [2.75, 3.05) is 0 Å². The predicted molar refractivity (Wildman–Crippen MR) is 189 cm³/mol. The molecule has 0 saturated carbocycles. The third-order valence-corrected chi connectivity index (χ3v) is 8.30. The van der Waals surface area contributed by atoms with Gasteiger partial charge in [0.2, 0.25) is 11.8 Å². The van der Waals surface area contributed by atoms with Crippen LogP contribution in [0.3, 0.4) is 0 Å². The van der Waals surface area contributed by atoms with E-state index in [0.717, 1.165) is 40.1 Å². The van der Waals surface area contributed by atoms with Gasteiger partial charge in [-0.25, -0.2) is 31.9 Å². The first kappa shape index (κ1) is 45.3. The zero-order chi connectivity index (χ0) is 43.3. The molecule has 0 spiro atoms. The van der Waals surface area contributed by atoms with Gasteiger partial charge in [0.25, 0.3) is 11.8 Å². The van der Waals surface area contributed by atoms with E-state index in [2.05, 4.69) is 5.32 Å². The number of amides is 9. The molecule has 0 radical (unpaired) electrons. The molecule has 2 aromatic carbocycles. The van der Waals surface area contributed by atoms with E-state index in [1.165, 1.54) is 19.9 Å². The Morgan fingerprint density at radius 3 is 1.51 bits per heavy atom. The van der Waals surface area contributed by atoms with Crippen molar-refractivity contribution in [3.05, 3.63) is 70.8 Å². The number of ether oxygens (including phenoxy) is 1. The zero-order valence-corrected chi connectivity index (χ0v) is 31.9. The number of nitrogens with one attached hydrogen (secondary N) is 3. The third kappa shape index (κ3) is 11.3. The summed E-state index contributed by atoms with van der Waals surface area (Å²) in [6.07, 6.45) is -2.01. The molecule has 20 heteroatoms. The maximum Gasteiger partial charge on any atom is 0.408 e. The Morgan fingerprint density at radius 1 is 0.702 bits per heavy atom. The Kier molecular flexibility index (Phi) is 14.5. The average molecular weight is 807 g/mol. The molecule has 9 amide bonds. The van der Waals surface area contributed by atoms with Crippen molar-refractivity contribution < 1.29 is 65.4 Å². The summed E-state index contributed by atoms with van der Waals surface area (Å²) in [5.74, 6) is -13.8. The summed E-state index contributed by atoms with van der Waals surface area (Å²) in [5.41, 5.74) is 5.08. The van der Waals surface area contributed by atoms with E-state index in [4.69, 9.17) is 10.5 Å². The van der Waals surface area contributed by atoms with Crippen LogP contribution in [0.4, 0.5) is 31.9 Å². The van der Waals surface area contributed by atoms with Crippen molar-refractivity contribution in [3.63, 3.8) is 0 Å². The first-order valence-electron chi connectivity index (χ1n) is 17.4. The number of nitrogens with zero attached hydrogens (tertiary/aromatic N) is 2. The second-order valence-electron chi connectivity index (χ2n) is 14.6. The van der Waals surface area contributed by atoms with Gasteiger partial charge in [0, 0.05) is 31.0 Å². The lowest BCUT2D eigenvalue weighted by molar-refractivity contribution is -0.151. The molecule has 2 aromatic rings. The molecule has 4 atom stereocenters. The van der Waals surface area contributed by atoms with Crippen molar-refractivity contribution >= 4 is 53.4 Å². The van der Waals surface area contributed by atoms with Gasteiger partial charge in [0.15, 0.2) is 46.7 Å². The quantitative estimate of drug-likeness (QED) is 0.189. The van der Waals surface area contributed by atoms with Crippen LogP contribution >= 0.6 is 0 Å². The summed E-state index contributed by atoms with van der Waals surface area (Å²) in [7, 11) is 0. The van der Waals surface area contributed by atoms with Crippen molar-refractivity contribution in [1.29, 1.82) is 0 Å². The molecule has 4 rings (SSSR count). The van der Waals surface area contributed by atoms with Crippen LogP contribution in [0.25, 0.3) is 0 Å². The Labute approximate surface area is 323 Å². The Bertz CT molecular complexity index is 1990. The fourth-order valence-corrected chi connectivity index (χ4v) is 5.67. The van der Waals surface area contributed by atoms with Crippen LogP contribution in [0.2, 0.25) is 0 Å². The standard InChI is InChI=1S/C21H25F2N3O6.C16H17F2N3O4/c1-10(2)26-18(29)16(17(28)25-19(26)30)15(27)9-14(24-20(31)32-21(3,4)5)11-6-7-12(22)13(23)8-11;1-7(2)21-15(24)13(14(23)20-16(21)25)12(22)6-11(19)8-3-4-9(17)10(18)5-8/h6-8,10,14,16H,9H2,1-5H3,(H,24,31)(H,25,28,30);3-5,7,11,13H,6,19H2,1-2H3,(H,20,23,25)/t14-,16?;11-,13?/m11/s1. The molecule has 2 aliphatic heterocycles. The number of halogens is 4. The predicted octanol–water partition coefficient (Wildman–Crippen LogP) is 3.62. The highest BCUT2D eigenvalue weighted by atomic mass is 19.2. The highest BCUT2D eigenvalue weighted by molar-refractivity contribution is 6.27. The number of Topliss-reactive ketones (excluding diaryl/α,β-unsaturated/α-hetero) is 2. The second kappa shape index (κ2) is 18.3.